The van der Waals surface area contributed by atoms with E-state index in [-0.39, 0.29) is 21.8 Å². The number of aldehydes is 1. The van der Waals surface area contributed by atoms with Crippen LogP contribution in [0.15, 0.2) is 30.3 Å². The summed E-state index contributed by atoms with van der Waals surface area (Å²) in [4.78, 5) is 14.3. The highest BCUT2D eigenvalue weighted by Crippen LogP contribution is 2.37. The summed E-state index contributed by atoms with van der Waals surface area (Å²) in [7, 11) is 1.43. The number of aromatic nitrogens is 1. The molecule has 0 aliphatic carbocycles. The van der Waals surface area contributed by atoms with Crippen LogP contribution in [0.2, 0.25) is 5.02 Å². The topological polar surface area (TPSA) is 42.1 Å². The van der Waals surface area contributed by atoms with Crippen LogP contribution in [-0.2, 0) is 0 Å². The van der Waals surface area contributed by atoms with E-state index in [1.54, 1.807) is 0 Å². The first-order valence-electron chi connectivity index (χ1n) is 6.35. The second-order valence-electron chi connectivity index (χ2n) is 4.69. The third-order valence-electron chi connectivity index (χ3n) is 3.41. The molecule has 0 radical (unpaired) electrons. The Labute approximate surface area is 129 Å². The standard InChI is InChI=1S/C16H10ClF2NO2/c1-22-14-3-2-9(18)6-11(14)15-12(7-21)10-4-8(17)5-13(19)16(10)20-15/h2-7,20H,1H3. The average molecular weight is 322 g/mol. The van der Waals surface area contributed by atoms with E-state index in [1.807, 2.05) is 0 Å². The summed E-state index contributed by atoms with van der Waals surface area (Å²) in [5.41, 5.74) is 0.937. The van der Waals surface area contributed by atoms with E-state index >= 15 is 0 Å². The van der Waals surface area contributed by atoms with Crippen LogP contribution in [0.3, 0.4) is 0 Å². The Morgan fingerprint density at radius 2 is 2.00 bits per heavy atom. The minimum atomic E-state index is -0.591. The summed E-state index contributed by atoms with van der Waals surface area (Å²) in [5, 5.41) is 0.506. The van der Waals surface area contributed by atoms with Gasteiger partial charge < -0.3 is 9.72 Å². The molecule has 0 atom stereocenters. The van der Waals surface area contributed by atoms with E-state index in [9.17, 15) is 13.6 Å². The van der Waals surface area contributed by atoms with Gasteiger partial charge in [0.15, 0.2) is 6.29 Å². The summed E-state index contributed by atoms with van der Waals surface area (Å²) >= 11 is 5.84. The molecule has 0 saturated carbocycles. The molecule has 0 saturated heterocycles. The lowest BCUT2D eigenvalue weighted by Crippen LogP contribution is -1.92. The number of carbonyl (C=O) groups excluding carboxylic acids is 1. The first-order valence-corrected chi connectivity index (χ1v) is 6.72. The van der Waals surface area contributed by atoms with Gasteiger partial charge in [0, 0.05) is 21.5 Å². The van der Waals surface area contributed by atoms with Crippen LogP contribution in [0, 0.1) is 11.6 Å². The van der Waals surface area contributed by atoms with Gasteiger partial charge in [-0.15, -0.1) is 0 Å². The molecule has 0 amide bonds. The Balaban J connectivity index is 2.39. The lowest BCUT2D eigenvalue weighted by Gasteiger charge is -2.07. The second kappa shape index (κ2) is 5.42. The lowest BCUT2D eigenvalue weighted by atomic mass is 10.0. The molecule has 3 aromatic rings. The Morgan fingerprint density at radius 3 is 2.68 bits per heavy atom. The number of rotatable bonds is 3. The number of fused-ring (bicyclic) bond motifs is 1. The molecule has 1 N–H and O–H groups in total. The van der Waals surface area contributed by atoms with Gasteiger partial charge in [-0.1, -0.05) is 11.6 Å². The largest absolute Gasteiger partial charge is 0.496 e. The van der Waals surface area contributed by atoms with Crippen LogP contribution in [0.25, 0.3) is 22.2 Å². The molecule has 22 heavy (non-hydrogen) atoms. The van der Waals surface area contributed by atoms with Gasteiger partial charge in [0.2, 0.25) is 0 Å². The van der Waals surface area contributed by atoms with Gasteiger partial charge >= 0.3 is 0 Å². The van der Waals surface area contributed by atoms with Gasteiger partial charge in [-0.05, 0) is 30.3 Å². The SMILES string of the molecule is COc1ccc(F)cc1-c1[nH]c2c(F)cc(Cl)cc2c1C=O. The van der Waals surface area contributed by atoms with Crippen molar-refractivity contribution in [3.8, 4) is 17.0 Å². The van der Waals surface area contributed by atoms with Gasteiger partial charge in [0.1, 0.15) is 17.4 Å². The number of hydrogen-bond donors (Lipinski definition) is 1. The van der Waals surface area contributed by atoms with Crippen molar-refractivity contribution in [3.05, 3.63) is 52.6 Å². The summed E-state index contributed by atoms with van der Waals surface area (Å²) in [6, 6.07) is 6.52. The van der Waals surface area contributed by atoms with Crippen LogP contribution >= 0.6 is 11.6 Å². The highest BCUT2D eigenvalue weighted by molar-refractivity contribution is 6.31. The summed E-state index contributed by atoms with van der Waals surface area (Å²) in [6.07, 6.45) is 0.578. The molecule has 0 bridgehead atoms. The lowest BCUT2D eigenvalue weighted by molar-refractivity contribution is 0.112. The summed E-state index contributed by atoms with van der Waals surface area (Å²) in [6.45, 7) is 0. The molecule has 0 fully saturated rings. The molecular formula is C16H10ClF2NO2. The molecule has 1 aromatic heterocycles. The van der Waals surface area contributed by atoms with Gasteiger partial charge in [0.25, 0.3) is 0 Å². The predicted molar refractivity (Wildman–Crippen MR) is 80.6 cm³/mol. The van der Waals surface area contributed by atoms with Gasteiger partial charge in [-0.3, -0.25) is 4.79 Å². The molecule has 0 unspecified atom stereocenters. The van der Waals surface area contributed by atoms with E-state index in [2.05, 4.69) is 4.98 Å². The predicted octanol–water partition coefficient (Wildman–Crippen LogP) is 4.59. The van der Waals surface area contributed by atoms with Crippen molar-refractivity contribution in [3.63, 3.8) is 0 Å². The minimum Gasteiger partial charge on any atom is -0.496 e. The fourth-order valence-electron chi connectivity index (χ4n) is 2.45. The molecule has 0 aliphatic rings. The highest BCUT2D eigenvalue weighted by atomic mass is 35.5. The van der Waals surface area contributed by atoms with Gasteiger partial charge in [0.05, 0.1) is 18.3 Å². The molecule has 2 aromatic carbocycles. The second-order valence-corrected chi connectivity index (χ2v) is 5.12. The third kappa shape index (κ3) is 2.23. The molecule has 3 rings (SSSR count). The molecule has 6 heteroatoms. The number of H-pyrrole nitrogens is 1. The Hall–Kier alpha value is -2.40. The molecule has 0 spiro atoms. The maximum Gasteiger partial charge on any atom is 0.152 e. The summed E-state index contributed by atoms with van der Waals surface area (Å²) < 4.78 is 32.7. The van der Waals surface area contributed by atoms with Crippen LogP contribution in [0.1, 0.15) is 10.4 Å². The smallest absolute Gasteiger partial charge is 0.152 e. The number of ether oxygens (including phenoxy) is 1. The van der Waals surface area contributed by atoms with Crippen LogP contribution in [-0.4, -0.2) is 18.4 Å². The Bertz CT molecular complexity index is 889. The monoisotopic (exact) mass is 321 g/mol. The highest BCUT2D eigenvalue weighted by Gasteiger charge is 2.19. The average Bonchev–Trinajstić information content (AvgIpc) is 2.85. The first-order chi connectivity index (χ1) is 10.5. The molecule has 0 aliphatic heterocycles. The summed E-state index contributed by atoms with van der Waals surface area (Å²) in [5.74, 6) is -0.723. The fraction of sp³-hybridized carbons (Fsp3) is 0.0625. The number of nitrogens with one attached hydrogen (secondary N) is 1. The van der Waals surface area contributed by atoms with E-state index < -0.39 is 11.6 Å². The number of halogens is 3. The maximum atomic E-state index is 14.0. The molecular weight excluding hydrogens is 312 g/mol. The molecule has 1 heterocycles. The first kappa shape index (κ1) is 14.5. The Morgan fingerprint density at radius 1 is 1.23 bits per heavy atom. The van der Waals surface area contributed by atoms with Crippen LogP contribution < -0.4 is 4.74 Å². The van der Waals surface area contributed by atoms with Crippen molar-refractivity contribution in [1.29, 1.82) is 0 Å². The van der Waals surface area contributed by atoms with Crippen molar-refractivity contribution in [2.75, 3.05) is 7.11 Å². The normalized spacial score (nSPS) is 10.9. The number of benzene rings is 2. The van der Waals surface area contributed by atoms with Crippen LogP contribution in [0.5, 0.6) is 5.75 Å². The minimum absolute atomic E-state index is 0.132. The Kier molecular flexibility index (Phi) is 3.58. The quantitative estimate of drug-likeness (QED) is 0.717. The van der Waals surface area contributed by atoms with Crippen molar-refractivity contribution >= 4 is 28.8 Å². The van der Waals surface area contributed by atoms with E-state index in [0.29, 0.717) is 23.0 Å². The zero-order chi connectivity index (χ0) is 15.9. The van der Waals surface area contributed by atoms with E-state index in [1.165, 1.54) is 31.4 Å². The fourth-order valence-corrected chi connectivity index (χ4v) is 2.66. The van der Waals surface area contributed by atoms with E-state index in [0.717, 1.165) is 6.07 Å². The van der Waals surface area contributed by atoms with E-state index in [4.69, 9.17) is 16.3 Å². The maximum absolute atomic E-state index is 14.0. The molecule has 112 valence electrons. The number of aromatic amines is 1. The van der Waals surface area contributed by atoms with Crippen LogP contribution in [0.4, 0.5) is 8.78 Å². The number of methoxy groups -OCH3 is 1. The van der Waals surface area contributed by atoms with Crippen molar-refractivity contribution in [2.45, 2.75) is 0 Å². The van der Waals surface area contributed by atoms with Crippen molar-refractivity contribution in [1.82, 2.24) is 4.98 Å². The van der Waals surface area contributed by atoms with Crippen molar-refractivity contribution < 1.29 is 18.3 Å². The molecule has 3 nitrogen and oxygen atoms in total. The van der Waals surface area contributed by atoms with Crippen molar-refractivity contribution in [2.24, 2.45) is 0 Å². The number of hydrogen-bond acceptors (Lipinski definition) is 2. The van der Waals surface area contributed by atoms with Gasteiger partial charge in [-0.25, -0.2) is 8.78 Å². The number of carbonyl (C=O) groups is 1. The third-order valence-corrected chi connectivity index (χ3v) is 3.63. The van der Waals surface area contributed by atoms with Gasteiger partial charge in [-0.2, -0.15) is 0 Å². The zero-order valence-corrected chi connectivity index (χ0v) is 12.2. The zero-order valence-electron chi connectivity index (χ0n) is 11.4.